The lowest BCUT2D eigenvalue weighted by atomic mass is 10.2. The second kappa shape index (κ2) is 3.52. The number of nitriles is 1. The maximum atomic E-state index is 8.47. The molecule has 0 aliphatic rings. The molecule has 0 unspecified atom stereocenters. The fourth-order valence-corrected chi connectivity index (χ4v) is 0.771. The number of aliphatic imine (C=N–C) groups is 1. The molecule has 1 rings (SSSR count). The molecule has 0 aliphatic heterocycles. The standard InChI is InChI=1S/C9H8N2/c1-2-11-9-5-3-8(7-10)4-6-9/h2-6H,1H3/b11-2+. The molecular weight excluding hydrogens is 136 g/mol. The van der Waals surface area contributed by atoms with Gasteiger partial charge in [0.2, 0.25) is 0 Å². The molecule has 0 saturated carbocycles. The van der Waals surface area contributed by atoms with E-state index >= 15 is 0 Å². The van der Waals surface area contributed by atoms with Crippen LogP contribution in [0.15, 0.2) is 29.3 Å². The molecule has 0 aliphatic carbocycles. The van der Waals surface area contributed by atoms with Crippen LogP contribution in [0, 0.1) is 11.3 Å². The molecule has 54 valence electrons. The highest BCUT2D eigenvalue weighted by Crippen LogP contribution is 2.11. The first-order valence-electron chi connectivity index (χ1n) is 3.35. The quantitative estimate of drug-likeness (QED) is 0.557. The molecular formula is C9H8N2. The van der Waals surface area contributed by atoms with Crippen LogP contribution < -0.4 is 0 Å². The van der Waals surface area contributed by atoms with Crippen molar-refractivity contribution in [2.45, 2.75) is 6.92 Å². The largest absolute Gasteiger partial charge is 0.262 e. The van der Waals surface area contributed by atoms with Gasteiger partial charge in [-0.2, -0.15) is 5.26 Å². The van der Waals surface area contributed by atoms with Gasteiger partial charge in [0.05, 0.1) is 17.3 Å². The highest BCUT2D eigenvalue weighted by molar-refractivity contribution is 5.60. The Morgan fingerprint density at radius 3 is 2.45 bits per heavy atom. The molecule has 1 aromatic carbocycles. The van der Waals surface area contributed by atoms with Crippen LogP contribution in [0.4, 0.5) is 5.69 Å². The van der Waals surface area contributed by atoms with E-state index < -0.39 is 0 Å². The second-order valence-electron chi connectivity index (χ2n) is 2.05. The molecule has 0 saturated heterocycles. The Morgan fingerprint density at radius 1 is 1.36 bits per heavy atom. The Bertz CT molecular complexity index is 290. The predicted octanol–water partition coefficient (Wildman–Crippen LogP) is 2.28. The molecule has 0 spiro atoms. The average Bonchev–Trinajstić information content (AvgIpc) is 2.07. The van der Waals surface area contributed by atoms with Crippen LogP contribution in [-0.4, -0.2) is 6.21 Å². The molecule has 0 atom stereocenters. The Hall–Kier alpha value is -1.62. The molecule has 0 aromatic heterocycles. The Balaban J connectivity index is 2.94. The minimum absolute atomic E-state index is 0.667. The predicted molar refractivity (Wildman–Crippen MR) is 45.0 cm³/mol. The third-order valence-electron chi connectivity index (χ3n) is 1.27. The van der Waals surface area contributed by atoms with E-state index in [0.717, 1.165) is 5.69 Å². The van der Waals surface area contributed by atoms with E-state index in [1.165, 1.54) is 0 Å². The highest BCUT2D eigenvalue weighted by Gasteiger charge is 1.88. The Kier molecular flexibility index (Phi) is 2.40. The van der Waals surface area contributed by atoms with Crippen LogP contribution in [0.25, 0.3) is 0 Å². The summed E-state index contributed by atoms with van der Waals surface area (Å²) in [4.78, 5) is 4.05. The maximum absolute atomic E-state index is 8.47. The molecule has 0 N–H and O–H groups in total. The normalized spacial score (nSPS) is 9.82. The third kappa shape index (κ3) is 1.91. The van der Waals surface area contributed by atoms with E-state index in [0.29, 0.717) is 5.56 Å². The summed E-state index contributed by atoms with van der Waals surface area (Å²) >= 11 is 0. The summed E-state index contributed by atoms with van der Waals surface area (Å²) in [5.41, 5.74) is 1.55. The molecule has 11 heavy (non-hydrogen) atoms. The summed E-state index contributed by atoms with van der Waals surface area (Å²) in [6.07, 6.45) is 1.72. The molecule has 1 aromatic rings. The summed E-state index contributed by atoms with van der Waals surface area (Å²) in [6, 6.07) is 9.19. The maximum Gasteiger partial charge on any atom is 0.0991 e. The number of hydrogen-bond donors (Lipinski definition) is 0. The molecule has 2 heteroatoms. The monoisotopic (exact) mass is 144 g/mol. The van der Waals surface area contributed by atoms with Crippen LogP contribution in [0.2, 0.25) is 0 Å². The van der Waals surface area contributed by atoms with Gasteiger partial charge in [0.15, 0.2) is 0 Å². The molecule has 0 radical (unpaired) electrons. The minimum Gasteiger partial charge on any atom is -0.262 e. The van der Waals surface area contributed by atoms with Crippen LogP contribution in [0.1, 0.15) is 12.5 Å². The molecule has 0 amide bonds. The first kappa shape index (κ1) is 7.49. The summed E-state index contributed by atoms with van der Waals surface area (Å²) in [5.74, 6) is 0. The van der Waals surface area contributed by atoms with Gasteiger partial charge in [0.25, 0.3) is 0 Å². The molecule has 0 bridgehead atoms. The van der Waals surface area contributed by atoms with Gasteiger partial charge in [-0.05, 0) is 31.2 Å². The van der Waals surface area contributed by atoms with Crippen molar-refractivity contribution in [1.29, 1.82) is 5.26 Å². The molecule has 0 heterocycles. The van der Waals surface area contributed by atoms with Crippen LogP contribution in [0.5, 0.6) is 0 Å². The lowest BCUT2D eigenvalue weighted by Gasteiger charge is -1.90. The zero-order valence-corrected chi connectivity index (χ0v) is 6.28. The zero-order valence-electron chi connectivity index (χ0n) is 6.28. The highest BCUT2D eigenvalue weighted by atomic mass is 14.7. The summed E-state index contributed by atoms with van der Waals surface area (Å²) in [5, 5.41) is 8.47. The van der Waals surface area contributed by atoms with E-state index in [1.807, 2.05) is 25.1 Å². The van der Waals surface area contributed by atoms with Crippen molar-refractivity contribution in [3.05, 3.63) is 29.8 Å². The van der Waals surface area contributed by atoms with Crippen LogP contribution in [-0.2, 0) is 0 Å². The first-order valence-corrected chi connectivity index (χ1v) is 3.35. The topological polar surface area (TPSA) is 36.1 Å². The molecule has 2 nitrogen and oxygen atoms in total. The van der Waals surface area contributed by atoms with E-state index in [2.05, 4.69) is 4.99 Å². The summed E-state index contributed by atoms with van der Waals surface area (Å²) in [7, 11) is 0. The van der Waals surface area contributed by atoms with Gasteiger partial charge in [-0.25, -0.2) is 0 Å². The smallest absolute Gasteiger partial charge is 0.0991 e. The fraction of sp³-hybridized carbons (Fsp3) is 0.111. The molecule has 0 fully saturated rings. The van der Waals surface area contributed by atoms with E-state index in [9.17, 15) is 0 Å². The lowest BCUT2D eigenvalue weighted by Crippen LogP contribution is -1.70. The van der Waals surface area contributed by atoms with E-state index in [1.54, 1.807) is 18.3 Å². The summed E-state index contributed by atoms with van der Waals surface area (Å²) in [6.45, 7) is 1.86. The van der Waals surface area contributed by atoms with Crippen molar-refractivity contribution < 1.29 is 0 Å². The number of benzene rings is 1. The van der Waals surface area contributed by atoms with Gasteiger partial charge in [0, 0.05) is 6.21 Å². The lowest BCUT2D eigenvalue weighted by molar-refractivity contribution is 1.46. The van der Waals surface area contributed by atoms with Crippen molar-refractivity contribution >= 4 is 11.9 Å². The van der Waals surface area contributed by atoms with Crippen molar-refractivity contribution in [3.63, 3.8) is 0 Å². The average molecular weight is 144 g/mol. The fourth-order valence-electron chi connectivity index (χ4n) is 0.771. The third-order valence-corrected chi connectivity index (χ3v) is 1.27. The second-order valence-corrected chi connectivity index (χ2v) is 2.05. The van der Waals surface area contributed by atoms with Gasteiger partial charge in [-0.15, -0.1) is 0 Å². The van der Waals surface area contributed by atoms with Crippen molar-refractivity contribution in [2.24, 2.45) is 4.99 Å². The first-order chi connectivity index (χ1) is 5.36. The summed E-state index contributed by atoms with van der Waals surface area (Å²) < 4.78 is 0. The number of hydrogen-bond acceptors (Lipinski definition) is 2. The number of nitrogens with zero attached hydrogens (tertiary/aromatic N) is 2. The van der Waals surface area contributed by atoms with Crippen LogP contribution >= 0.6 is 0 Å². The van der Waals surface area contributed by atoms with Gasteiger partial charge < -0.3 is 0 Å². The van der Waals surface area contributed by atoms with Gasteiger partial charge in [-0.1, -0.05) is 0 Å². The van der Waals surface area contributed by atoms with E-state index in [4.69, 9.17) is 5.26 Å². The van der Waals surface area contributed by atoms with Gasteiger partial charge in [0.1, 0.15) is 0 Å². The Morgan fingerprint density at radius 2 is 2.00 bits per heavy atom. The van der Waals surface area contributed by atoms with Gasteiger partial charge >= 0.3 is 0 Å². The van der Waals surface area contributed by atoms with Crippen molar-refractivity contribution in [2.75, 3.05) is 0 Å². The van der Waals surface area contributed by atoms with Crippen LogP contribution in [0.3, 0.4) is 0 Å². The zero-order chi connectivity index (χ0) is 8.10. The SMILES string of the molecule is C/C=N/c1ccc(C#N)cc1. The van der Waals surface area contributed by atoms with E-state index in [-0.39, 0.29) is 0 Å². The van der Waals surface area contributed by atoms with Crippen molar-refractivity contribution in [1.82, 2.24) is 0 Å². The number of rotatable bonds is 1. The van der Waals surface area contributed by atoms with Crippen molar-refractivity contribution in [3.8, 4) is 6.07 Å². The van der Waals surface area contributed by atoms with Gasteiger partial charge in [-0.3, -0.25) is 4.99 Å². The Labute approximate surface area is 65.8 Å². The minimum atomic E-state index is 0.667.